The number of carboxylic acids is 1. The van der Waals surface area contributed by atoms with Crippen LogP contribution >= 0.6 is 0 Å². The third-order valence-corrected chi connectivity index (χ3v) is 2.97. The van der Waals surface area contributed by atoms with Gasteiger partial charge in [0.05, 0.1) is 0 Å². The highest BCUT2D eigenvalue weighted by Gasteiger charge is 1.95. The minimum atomic E-state index is -0.723. The van der Waals surface area contributed by atoms with Crippen LogP contribution in [0.4, 0.5) is 0 Å². The fourth-order valence-corrected chi connectivity index (χ4v) is 1.78. The Hall–Kier alpha value is -1.31. The Morgan fingerprint density at radius 3 is 1.63 bits per heavy atom. The number of aliphatic carboxylic acids is 1. The molecule has 0 heterocycles. The second-order valence-corrected chi connectivity index (χ2v) is 5.39. The molecule has 0 saturated carbocycles. The molecular formula is C17H28O2. The third kappa shape index (κ3) is 12.9. The van der Waals surface area contributed by atoms with E-state index in [-0.39, 0.29) is 6.42 Å². The maximum Gasteiger partial charge on any atom is 0.303 e. The van der Waals surface area contributed by atoms with Crippen molar-refractivity contribution in [2.24, 2.45) is 0 Å². The van der Waals surface area contributed by atoms with Gasteiger partial charge in [0.1, 0.15) is 0 Å². The molecule has 0 aliphatic heterocycles. The summed E-state index contributed by atoms with van der Waals surface area (Å²) >= 11 is 0. The molecule has 0 aliphatic carbocycles. The Morgan fingerprint density at radius 2 is 1.21 bits per heavy atom. The first-order chi connectivity index (χ1) is 8.91. The first kappa shape index (κ1) is 17.7. The van der Waals surface area contributed by atoms with Crippen molar-refractivity contribution < 1.29 is 9.90 Å². The van der Waals surface area contributed by atoms with E-state index < -0.39 is 5.97 Å². The molecule has 2 nitrogen and oxygen atoms in total. The number of allylic oxidation sites excluding steroid dienone is 6. The Bertz CT molecular complexity index is 355. The summed E-state index contributed by atoms with van der Waals surface area (Å²) in [7, 11) is 0. The highest BCUT2D eigenvalue weighted by molar-refractivity contribution is 5.66. The summed E-state index contributed by atoms with van der Waals surface area (Å²) in [4.78, 5) is 10.4. The third-order valence-electron chi connectivity index (χ3n) is 2.97. The van der Waals surface area contributed by atoms with Gasteiger partial charge in [0.15, 0.2) is 0 Å². The van der Waals surface area contributed by atoms with E-state index in [9.17, 15) is 4.79 Å². The monoisotopic (exact) mass is 264 g/mol. The highest BCUT2D eigenvalue weighted by Crippen LogP contribution is 2.12. The van der Waals surface area contributed by atoms with Crippen LogP contribution in [0, 0.1) is 0 Å². The van der Waals surface area contributed by atoms with Crippen LogP contribution < -0.4 is 0 Å². The molecule has 0 amide bonds. The zero-order valence-electron chi connectivity index (χ0n) is 12.8. The second kappa shape index (κ2) is 10.6. The van der Waals surface area contributed by atoms with Gasteiger partial charge in [0, 0.05) is 6.42 Å². The van der Waals surface area contributed by atoms with Crippen molar-refractivity contribution in [2.45, 2.75) is 66.2 Å². The molecule has 1 N–H and O–H groups in total. The van der Waals surface area contributed by atoms with Crippen molar-refractivity contribution in [2.75, 3.05) is 0 Å². The van der Waals surface area contributed by atoms with Crippen LogP contribution in [0.1, 0.15) is 66.2 Å². The zero-order chi connectivity index (χ0) is 14.7. The summed E-state index contributed by atoms with van der Waals surface area (Å²) in [6.45, 7) is 8.52. The predicted molar refractivity (Wildman–Crippen MR) is 82.3 cm³/mol. The molecule has 0 aromatic carbocycles. The van der Waals surface area contributed by atoms with Crippen LogP contribution in [0.2, 0.25) is 0 Å². The molecule has 0 rings (SSSR count). The summed E-state index contributed by atoms with van der Waals surface area (Å²) in [5.41, 5.74) is 4.11. The second-order valence-electron chi connectivity index (χ2n) is 5.39. The van der Waals surface area contributed by atoms with Gasteiger partial charge in [0.2, 0.25) is 0 Å². The van der Waals surface area contributed by atoms with E-state index in [0.717, 1.165) is 25.7 Å². The van der Waals surface area contributed by atoms with Gasteiger partial charge >= 0.3 is 5.97 Å². The van der Waals surface area contributed by atoms with Crippen LogP contribution in [-0.4, -0.2) is 11.1 Å². The quantitative estimate of drug-likeness (QED) is 0.576. The van der Waals surface area contributed by atoms with Gasteiger partial charge in [-0.3, -0.25) is 4.79 Å². The van der Waals surface area contributed by atoms with E-state index in [1.54, 1.807) is 0 Å². The Kier molecular flexibility index (Phi) is 9.87. The number of hydrogen-bond acceptors (Lipinski definition) is 1. The van der Waals surface area contributed by atoms with Crippen LogP contribution in [0.5, 0.6) is 0 Å². The zero-order valence-corrected chi connectivity index (χ0v) is 12.8. The average molecular weight is 264 g/mol. The summed E-state index contributed by atoms with van der Waals surface area (Å²) in [5, 5.41) is 8.55. The standard InChI is InChI=1S/C17H28O2/c1-14(2)8-5-9-15(3)10-6-11-16(4)12-7-13-17(18)19/h8,10,12H,5-7,9,11,13H2,1-4H3,(H,18,19)/b15-10+,16-12-. The first-order valence-electron chi connectivity index (χ1n) is 7.08. The average Bonchev–Trinajstić information content (AvgIpc) is 2.27. The first-order valence-corrected chi connectivity index (χ1v) is 7.08. The van der Waals surface area contributed by atoms with Crippen LogP contribution in [0.15, 0.2) is 34.9 Å². The predicted octanol–water partition coefficient (Wildman–Crippen LogP) is 5.27. The van der Waals surface area contributed by atoms with Crippen molar-refractivity contribution in [1.29, 1.82) is 0 Å². The normalized spacial score (nSPS) is 12.4. The lowest BCUT2D eigenvalue weighted by Crippen LogP contribution is -1.92. The fourth-order valence-electron chi connectivity index (χ4n) is 1.78. The maximum absolute atomic E-state index is 10.4. The highest BCUT2D eigenvalue weighted by atomic mass is 16.4. The van der Waals surface area contributed by atoms with Crippen LogP contribution in [-0.2, 0) is 4.79 Å². The summed E-state index contributed by atoms with van der Waals surface area (Å²) in [5.74, 6) is -0.723. The van der Waals surface area contributed by atoms with Gasteiger partial charge in [-0.15, -0.1) is 0 Å². The van der Waals surface area contributed by atoms with Crippen LogP contribution in [0.3, 0.4) is 0 Å². The number of carboxylic acid groups (broad SMARTS) is 1. The molecule has 0 spiro atoms. The Labute approximate surface area is 117 Å². The summed E-state index contributed by atoms with van der Waals surface area (Å²) in [6.07, 6.45) is 11.8. The van der Waals surface area contributed by atoms with E-state index in [2.05, 4.69) is 39.8 Å². The number of hydrogen-bond donors (Lipinski definition) is 1. The van der Waals surface area contributed by atoms with Gasteiger partial charge in [-0.1, -0.05) is 34.9 Å². The lowest BCUT2D eigenvalue weighted by Gasteiger charge is -2.01. The van der Waals surface area contributed by atoms with E-state index in [1.165, 1.54) is 16.7 Å². The largest absolute Gasteiger partial charge is 0.481 e. The number of carbonyl (C=O) groups is 1. The van der Waals surface area contributed by atoms with Crippen molar-refractivity contribution in [3.8, 4) is 0 Å². The molecule has 2 heteroatoms. The fraction of sp³-hybridized carbons (Fsp3) is 0.588. The van der Waals surface area contributed by atoms with Crippen molar-refractivity contribution >= 4 is 5.97 Å². The molecule has 0 saturated heterocycles. The summed E-state index contributed by atoms with van der Waals surface area (Å²) < 4.78 is 0. The molecule has 108 valence electrons. The minimum absolute atomic E-state index is 0.231. The van der Waals surface area contributed by atoms with Gasteiger partial charge in [-0.25, -0.2) is 0 Å². The lowest BCUT2D eigenvalue weighted by molar-refractivity contribution is -0.136. The topological polar surface area (TPSA) is 37.3 Å². The van der Waals surface area contributed by atoms with Gasteiger partial charge in [-0.05, 0) is 59.8 Å². The van der Waals surface area contributed by atoms with E-state index in [1.807, 2.05) is 6.08 Å². The minimum Gasteiger partial charge on any atom is -0.481 e. The SMILES string of the molecule is CC(C)=CCC/C(C)=C/CC/C(C)=C\CCC(=O)O. The summed E-state index contributed by atoms with van der Waals surface area (Å²) in [6, 6.07) is 0. The van der Waals surface area contributed by atoms with Crippen molar-refractivity contribution in [3.63, 3.8) is 0 Å². The van der Waals surface area contributed by atoms with Crippen molar-refractivity contribution in [1.82, 2.24) is 0 Å². The molecule has 0 fully saturated rings. The lowest BCUT2D eigenvalue weighted by atomic mass is 10.1. The molecule has 0 aliphatic rings. The van der Waals surface area contributed by atoms with Crippen LogP contribution in [0.25, 0.3) is 0 Å². The Balaban J connectivity index is 3.86. The van der Waals surface area contributed by atoms with Gasteiger partial charge in [0.25, 0.3) is 0 Å². The van der Waals surface area contributed by atoms with Gasteiger partial charge in [-0.2, -0.15) is 0 Å². The number of rotatable bonds is 9. The van der Waals surface area contributed by atoms with E-state index in [4.69, 9.17) is 5.11 Å². The van der Waals surface area contributed by atoms with Gasteiger partial charge < -0.3 is 5.11 Å². The Morgan fingerprint density at radius 1 is 0.789 bits per heavy atom. The molecular weight excluding hydrogens is 236 g/mol. The molecule has 0 aromatic heterocycles. The van der Waals surface area contributed by atoms with E-state index >= 15 is 0 Å². The van der Waals surface area contributed by atoms with Crippen molar-refractivity contribution in [3.05, 3.63) is 34.9 Å². The molecule has 0 bridgehead atoms. The molecule has 0 aromatic rings. The molecule has 0 radical (unpaired) electrons. The molecule has 19 heavy (non-hydrogen) atoms. The smallest absolute Gasteiger partial charge is 0.303 e. The maximum atomic E-state index is 10.4. The molecule has 0 unspecified atom stereocenters. The van der Waals surface area contributed by atoms with E-state index in [0.29, 0.717) is 6.42 Å². The molecule has 0 atom stereocenters.